The second-order valence-corrected chi connectivity index (χ2v) is 3.10. The Balaban J connectivity index is 3.45. The molecule has 1 aromatic rings. The monoisotopic (exact) mass is 210 g/mol. The van der Waals surface area contributed by atoms with Crippen LogP contribution in [0.5, 0.6) is 5.75 Å². The van der Waals surface area contributed by atoms with E-state index in [1.165, 1.54) is 6.92 Å². The van der Waals surface area contributed by atoms with E-state index >= 15 is 0 Å². The number of aliphatic hydroxyl groups excluding tert-OH is 1. The first-order chi connectivity index (χ1) is 6.97. The summed E-state index contributed by atoms with van der Waals surface area (Å²) in [7, 11) is 0. The molecule has 1 unspecified atom stereocenters. The zero-order valence-corrected chi connectivity index (χ0v) is 7.97. The Hall–Kier alpha value is -1.88. The maximum Gasteiger partial charge on any atom is 0.335 e. The number of carbonyl (C=O) groups is 2. The van der Waals surface area contributed by atoms with Crippen LogP contribution < -0.4 is 0 Å². The minimum absolute atomic E-state index is 0.0250. The molecule has 0 saturated carbocycles. The van der Waals surface area contributed by atoms with E-state index in [1.807, 2.05) is 0 Å². The summed E-state index contributed by atoms with van der Waals surface area (Å²) in [6.45, 7) is 1.37. The van der Waals surface area contributed by atoms with Crippen LogP contribution in [0.15, 0.2) is 12.1 Å². The van der Waals surface area contributed by atoms with Crippen molar-refractivity contribution in [1.29, 1.82) is 0 Å². The number of aliphatic hydroxyl groups is 1. The highest BCUT2D eigenvalue weighted by molar-refractivity contribution is 5.92. The van der Waals surface area contributed by atoms with Crippen LogP contribution in [0.2, 0.25) is 0 Å². The number of aldehydes is 1. The molecular weight excluding hydrogens is 200 g/mol. The molecule has 0 bridgehead atoms. The molecule has 0 fully saturated rings. The van der Waals surface area contributed by atoms with E-state index in [1.54, 1.807) is 0 Å². The number of rotatable bonds is 3. The zero-order valence-electron chi connectivity index (χ0n) is 7.97. The van der Waals surface area contributed by atoms with Crippen molar-refractivity contribution in [3.05, 3.63) is 28.8 Å². The molecule has 0 radical (unpaired) electrons. The number of phenolic OH excluding ortho intramolecular Hbond substituents is 1. The van der Waals surface area contributed by atoms with Crippen LogP contribution in [-0.4, -0.2) is 27.6 Å². The molecule has 1 atom stereocenters. The predicted octanol–water partition coefficient (Wildman–Crippen LogP) is 0.956. The van der Waals surface area contributed by atoms with Gasteiger partial charge in [0.1, 0.15) is 5.75 Å². The SMILES string of the molecule is CC(O)c1cc(C(=O)O)cc(C=O)c1O. The van der Waals surface area contributed by atoms with Gasteiger partial charge >= 0.3 is 5.97 Å². The number of aromatic carboxylic acids is 1. The number of benzene rings is 1. The van der Waals surface area contributed by atoms with E-state index in [0.29, 0.717) is 6.29 Å². The van der Waals surface area contributed by atoms with Crippen LogP contribution in [0.3, 0.4) is 0 Å². The maximum absolute atomic E-state index is 10.7. The number of hydrogen-bond donors (Lipinski definition) is 3. The van der Waals surface area contributed by atoms with Crippen LogP contribution in [-0.2, 0) is 0 Å². The van der Waals surface area contributed by atoms with Gasteiger partial charge in [0.25, 0.3) is 0 Å². The fourth-order valence-electron chi connectivity index (χ4n) is 1.21. The second kappa shape index (κ2) is 4.10. The van der Waals surface area contributed by atoms with Crippen molar-refractivity contribution in [2.45, 2.75) is 13.0 Å². The largest absolute Gasteiger partial charge is 0.507 e. The molecule has 0 saturated heterocycles. The molecule has 15 heavy (non-hydrogen) atoms. The fraction of sp³-hybridized carbons (Fsp3) is 0.200. The summed E-state index contributed by atoms with van der Waals surface area (Å²) in [6, 6.07) is 2.19. The van der Waals surface area contributed by atoms with Gasteiger partial charge in [0, 0.05) is 5.56 Å². The summed E-state index contributed by atoms with van der Waals surface area (Å²) in [5.74, 6) is -1.61. The number of carboxylic acid groups (broad SMARTS) is 1. The Morgan fingerprint density at radius 2 is 2.07 bits per heavy atom. The molecule has 0 amide bonds. The van der Waals surface area contributed by atoms with Crippen molar-refractivity contribution in [3.8, 4) is 5.75 Å². The van der Waals surface area contributed by atoms with Crippen LogP contribution in [0.4, 0.5) is 0 Å². The molecule has 0 aromatic heterocycles. The molecule has 0 aliphatic rings. The van der Waals surface area contributed by atoms with Gasteiger partial charge in [-0.1, -0.05) is 0 Å². The Morgan fingerprint density at radius 3 is 2.47 bits per heavy atom. The first kappa shape index (κ1) is 11.2. The molecule has 0 spiro atoms. The number of carboxylic acids is 1. The smallest absolute Gasteiger partial charge is 0.335 e. The first-order valence-corrected chi connectivity index (χ1v) is 4.20. The number of phenols is 1. The Labute approximate surface area is 85.6 Å². The van der Waals surface area contributed by atoms with Crippen molar-refractivity contribution >= 4 is 12.3 Å². The summed E-state index contributed by atoms with van der Waals surface area (Å²) >= 11 is 0. The summed E-state index contributed by atoms with van der Waals surface area (Å²) in [5, 5.41) is 27.5. The zero-order chi connectivity index (χ0) is 11.6. The summed E-state index contributed by atoms with van der Waals surface area (Å²) in [5.41, 5.74) is -0.270. The van der Waals surface area contributed by atoms with Crippen LogP contribution in [0.1, 0.15) is 39.3 Å². The third-order valence-corrected chi connectivity index (χ3v) is 1.99. The average Bonchev–Trinajstić information content (AvgIpc) is 2.17. The molecule has 0 heterocycles. The molecule has 1 aromatic carbocycles. The minimum Gasteiger partial charge on any atom is -0.507 e. The second-order valence-electron chi connectivity index (χ2n) is 3.10. The summed E-state index contributed by atoms with van der Waals surface area (Å²) in [4.78, 5) is 21.2. The van der Waals surface area contributed by atoms with Crippen molar-refractivity contribution in [2.75, 3.05) is 0 Å². The van der Waals surface area contributed by atoms with E-state index < -0.39 is 12.1 Å². The highest BCUT2D eigenvalue weighted by Gasteiger charge is 2.16. The fourth-order valence-corrected chi connectivity index (χ4v) is 1.21. The van der Waals surface area contributed by atoms with Crippen LogP contribution in [0, 0.1) is 0 Å². The van der Waals surface area contributed by atoms with E-state index in [-0.39, 0.29) is 22.4 Å². The van der Waals surface area contributed by atoms with Gasteiger partial charge in [0.2, 0.25) is 0 Å². The molecule has 1 rings (SSSR count). The topological polar surface area (TPSA) is 94.8 Å². The molecule has 0 aliphatic carbocycles. The van der Waals surface area contributed by atoms with Crippen molar-refractivity contribution in [1.82, 2.24) is 0 Å². The standard InChI is InChI=1S/C10H10O5/c1-5(12)8-3-6(10(14)15)2-7(4-11)9(8)13/h2-5,12-13H,1H3,(H,14,15). The normalized spacial score (nSPS) is 12.1. The third-order valence-electron chi connectivity index (χ3n) is 1.99. The Morgan fingerprint density at radius 1 is 1.47 bits per heavy atom. The van der Waals surface area contributed by atoms with Gasteiger partial charge in [-0.15, -0.1) is 0 Å². The van der Waals surface area contributed by atoms with Crippen molar-refractivity contribution in [2.24, 2.45) is 0 Å². The average molecular weight is 210 g/mol. The lowest BCUT2D eigenvalue weighted by Gasteiger charge is -2.10. The molecule has 0 aliphatic heterocycles. The lowest BCUT2D eigenvalue weighted by Crippen LogP contribution is -2.02. The van der Waals surface area contributed by atoms with Crippen LogP contribution in [0.25, 0.3) is 0 Å². The van der Waals surface area contributed by atoms with E-state index in [0.717, 1.165) is 12.1 Å². The lowest BCUT2D eigenvalue weighted by molar-refractivity contribution is 0.0696. The number of hydrogen-bond acceptors (Lipinski definition) is 4. The molecule has 3 N–H and O–H groups in total. The Bertz CT molecular complexity index is 409. The van der Waals surface area contributed by atoms with Crippen molar-refractivity contribution in [3.63, 3.8) is 0 Å². The van der Waals surface area contributed by atoms with E-state index in [2.05, 4.69) is 0 Å². The maximum atomic E-state index is 10.7. The summed E-state index contributed by atoms with van der Waals surface area (Å²) < 4.78 is 0. The third kappa shape index (κ3) is 2.13. The van der Waals surface area contributed by atoms with Gasteiger partial charge in [-0.25, -0.2) is 4.79 Å². The number of aromatic hydroxyl groups is 1. The molecular formula is C10H10O5. The molecule has 5 nitrogen and oxygen atoms in total. The first-order valence-electron chi connectivity index (χ1n) is 4.20. The van der Waals surface area contributed by atoms with Crippen LogP contribution >= 0.6 is 0 Å². The van der Waals surface area contributed by atoms with E-state index in [9.17, 15) is 19.8 Å². The summed E-state index contributed by atoms with van der Waals surface area (Å²) in [6.07, 6.45) is -0.698. The molecule has 5 heteroatoms. The van der Waals surface area contributed by atoms with Gasteiger partial charge in [0.05, 0.1) is 17.2 Å². The molecule has 80 valence electrons. The predicted molar refractivity (Wildman–Crippen MR) is 51.1 cm³/mol. The Kier molecular flexibility index (Phi) is 3.06. The lowest BCUT2D eigenvalue weighted by atomic mass is 10.0. The van der Waals surface area contributed by atoms with Gasteiger partial charge in [-0.05, 0) is 19.1 Å². The van der Waals surface area contributed by atoms with Crippen molar-refractivity contribution < 1.29 is 24.9 Å². The van der Waals surface area contributed by atoms with Gasteiger partial charge < -0.3 is 15.3 Å². The van der Waals surface area contributed by atoms with Gasteiger partial charge in [-0.2, -0.15) is 0 Å². The highest BCUT2D eigenvalue weighted by atomic mass is 16.4. The van der Waals surface area contributed by atoms with Gasteiger partial charge in [-0.3, -0.25) is 4.79 Å². The van der Waals surface area contributed by atoms with E-state index in [4.69, 9.17) is 5.11 Å². The highest BCUT2D eigenvalue weighted by Crippen LogP contribution is 2.28. The minimum atomic E-state index is -1.22. The quantitative estimate of drug-likeness (QED) is 0.646. The number of carbonyl (C=O) groups excluding carboxylic acids is 1. The van der Waals surface area contributed by atoms with Gasteiger partial charge in [0.15, 0.2) is 6.29 Å².